The number of alkyl halides is 1. The number of carbonyl (C=O) groups excluding carboxylic acids is 1. The average Bonchev–Trinajstić information content (AvgIpc) is 2.34. The Kier molecular flexibility index (Phi) is 3.17. The van der Waals surface area contributed by atoms with Gasteiger partial charge in [0.1, 0.15) is 0 Å². The van der Waals surface area contributed by atoms with Gasteiger partial charge >= 0.3 is 0 Å². The molecule has 1 heterocycles. The Balaban J connectivity index is 2.40. The number of halogens is 1. The molecule has 0 spiro atoms. The normalized spacial score (nSPS) is 20.1. The van der Waals surface area contributed by atoms with Gasteiger partial charge in [0.05, 0.1) is 28.0 Å². The third-order valence-electron chi connectivity index (χ3n) is 2.07. The highest BCUT2D eigenvalue weighted by molar-refractivity contribution is 7.68. The number of carbonyl (C=O) groups is 1. The smallest absolute Gasteiger partial charge is 0.270 e. The van der Waals surface area contributed by atoms with E-state index in [1.54, 1.807) is 24.3 Å². The lowest BCUT2D eigenvalue weighted by Gasteiger charge is -2.22. The van der Waals surface area contributed by atoms with Gasteiger partial charge in [0.2, 0.25) is 0 Å². The quantitative estimate of drug-likeness (QED) is 0.555. The van der Waals surface area contributed by atoms with Crippen LogP contribution in [0.15, 0.2) is 35.4 Å². The Morgan fingerprint density at radius 2 is 2.00 bits per heavy atom. The van der Waals surface area contributed by atoms with Crippen molar-refractivity contribution in [2.45, 2.75) is 5.38 Å². The lowest BCUT2D eigenvalue weighted by Crippen LogP contribution is -2.42. The monoisotopic (exact) mass is 254 g/mol. The second-order valence-electron chi connectivity index (χ2n) is 3.08. The molecule has 16 heavy (non-hydrogen) atoms. The first-order chi connectivity index (χ1) is 7.74. The van der Waals surface area contributed by atoms with E-state index < -0.39 is 11.3 Å². The zero-order valence-electron chi connectivity index (χ0n) is 8.04. The third-order valence-corrected chi connectivity index (χ3v) is 3.16. The molecule has 0 bridgehead atoms. The number of anilines is 1. The first-order valence-corrected chi connectivity index (χ1v) is 5.65. The maximum Gasteiger partial charge on any atom is 0.270 e. The van der Waals surface area contributed by atoms with Crippen molar-refractivity contribution in [1.82, 2.24) is 0 Å². The summed E-state index contributed by atoms with van der Waals surface area (Å²) in [6.07, 6.45) is 1.32. The van der Waals surface area contributed by atoms with Gasteiger partial charge in [-0.2, -0.15) is 10.1 Å². The summed E-state index contributed by atoms with van der Waals surface area (Å²) in [5.74, 6) is -0.409. The minimum Gasteiger partial charge on any atom is -0.270 e. The molecule has 0 N–H and O–H groups in total. The molecule has 1 unspecified atom stereocenters. The van der Waals surface area contributed by atoms with Gasteiger partial charge in [-0.1, -0.05) is 18.2 Å². The Morgan fingerprint density at radius 1 is 1.31 bits per heavy atom. The van der Waals surface area contributed by atoms with E-state index in [2.05, 4.69) is 5.10 Å². The van der Waals surface area contributed by atoms with E-state index in [9.17, 15) is 9.00 Å². The largest absolute Gasteiger partial charge is 0.270 e. The van der Waals surface area contributed by atoms with Crippen molar-refractivity contribution in [3.8, 4) is 0 Å². The van der Waals surface area contributed by atoms with Crippen molar-refractivity contribution < 1.29 is 9.00 Å². The number of hydrogen-bond acceptors (Lipinski definition) is 3. The molecular formula is C10H7ClN2O2S. The highest BCUT2D eigenvalue weighted by atomic mass is 35.5. The zero-order valence-corrected chi connectivity index (χ0v) is 9.61. The summed E-state index contributed by atoms with van der Waals surface area (Å²) in [5.41, 5.74) is 0.629. The molecule has 1 atom stereocenters. The molecule has 1 aliphatic heterocycles. The molecule has 2 rings (SSSR count). The van der Waals surface area contributed by atoms with E-state index >= 15 is 0 Å². The fraction of sp³-hybridized carbons (Fsp3) is 0.100. The number of rotatable bonds is 1. The standard InChI is InChI=1S/C10H7ClN2O2S/c11-9-8(16-15)6-12-13(10(9)14)7-4-2-1-3-5-7/h1-6,9H. The van der Waals surface area contributed by atoms with Crippen LogP contribution >= 0.6 is 11.6 Å². The van der Waals surface area contributed by atoms with E-state index in [0.717, 1.165) is 0 Å². The van der Waals surface area contributed by atoms with E-state index in [1.807, 2.05) is 6.07 Å². The van der Waals surface area contributed by atoms with Crippen molar-refractivity contribution in [1.29, 1.82) is 0 Å². The number of para-hydroxylation sites is 1. The number of benzene rings is 1. The predicted octanol–water partition coefficient (Wildman–Crippen LogP) is 1.01. The lowest BCUT2D eigenvalue weighted by molar-refractivity contribution is -0.117. The molecular weight excluding hydrogens is 248 g/mol. The molecule has 0 aliphatic carbocycles. The van der Waals surface area contributed by atoms with E-state index in [1.165, 1.54) is 11.2 Å². The van der Waals surface area contributed by atoms with Crippen LogP contribution in [0.1, 0.15) is 0 Å². The van der Waals surface area contributed by atoms with E-state index in [4.69, 9.17) is 11.6 Å². The average molecular weight is 255 g/mol. The maximum absolute atomic E-state index is 11.8. The van der Waals surface area contributed by atoms with Crippen molar-refractivity contribution in [3.05, 3.63) is 30.3 Å². The fourth-order valence-corrected chi connectivity index (χ4v) is 1.83. The molecule has 82 valence electrons. The SMILES string of the molecule is O=S=C1C=NN(c2ccccc2)C(=O)C1Cl. The number of nitrogens with zero attached hydrogens (tertiary/aromatic N) is 2. The molecule has 0 saturated carbocycles. The molecule has 1 aromatic rings. The third kappa shape index (κ3) is 1.91. The van der Waals surface area contributed by atoms with Gasteiger partial charge < -0.3 is 0 Å². The summed E-state index contributed by atoms with van der Waals surface area (Å²) in [5, 5.41) is 4.15. The van der Waals surface area contributed by atoms with Crippen LogP contribution < -0.4 is 5.01 Å². The number of amides is 1. The Labute approximate surface area is 101 Å². The van der Waals surface area contributed by atoms with Crippen LogP contribution in [0, 0.1) is 0 Å². The van der Waals surface area contributed by atoms with E-state index in [-0.39, 0.29) is 16.1 Å². The molecule has 1 aromatic carbocycles. The summed E-state index contributed by atoms with van der Waals surface area (Å²) in [4.78, 5) is 12.0. The first kappa shape index (κ1) is 11.0. The molecule has 4 nitrogen and oxygen atoms in total. The van der Waals surface area contributed by atoms with Gasteiger partial charge in [-0.05, 0) is 12.1 Å². The van der Waals surface area contributed by atoms with E-state index in [0.29, 0.717) is 5.69 Å². The molecule has 1 amide bonds. The van der Waals surface area contributed by atoms with Gasteiger partial charge in [-0.25, -0.2) is 4.21 Å². The summed E-state index contributed by atoms with van der Waals surface area (Å²) in [7, 11) is 0. The fourth-order valence-electron chi connectivity index (χ4n) is 1.29. The molecule has 1 aliphatic rings. The Hall–Kier alpha value is -1.46. The molecule has 0 saturated heterocycles. The van der Waals surface area contributed by atoms with Gasteiger partial charge in [0.15, 0.2) is 5.38 Å². The minimum atomic E-state index is -0.944. The highest BCUT2D eigenvalue weighted by Crippen LogP contribution is 2.19. The minimum absolute atomic E-state index is 0.193. The zero-order chi connectivity index (χ0) is 11.5. The molecule has 0 aromatic heterocycles. The first-order valence-electron chi connectivity index (χ1n) is 4.48. The molecule has 0 radical (unpaired) electrons. The Morgan fingerprint density at radius 3 is 2.62 bits per heavy atom. The van der Waals surface area contributed by atoms with Crippen LogP contribution in [0.5, 0.6) is 0 Å². The highest BCUT2D eigenvalue weighted by Gasteiger charge is 2.30. The van der Waals surface area contributed by atoms with Crippen LogP contribution in [-0.2, 0) is 16.1 Å². The summed E-state index contributed by atoms with van der Waals surface area (Å²) >= 11 is 6.03. The van der Waals surface area contributed by atoms with Gasteiger partial charge in [0, 0.05) is 0 Å². The van der Waals surface area contributed by atoms with Gasteiger partial charge in [-0.15, -0.1) is 11.6 Å². The van der Waals surface area contributed by atoms with Crippen LogP contribution in [0.4, 0.5) is 5.69 Å². The Bertz CT molecular complexity index is 497. The van der Waals surface area contributed by atoms with Crippen molar-refractivity contribution in [2.75, 3.05) is 5.01 Å². The van der Waals surface area contributed by atoms with Crippen molar-refractivity contribution >= 4 is 45.5 Å². The summed E-state index contributed by atoms with van der Waals surface area (Å²) in [6, 6.07) is 8.92. The summed E-state index contributed by atoms with van der Waals surface area (Å²) in [6.45, 7) is 0. The van der Waals surface area contributed by atoms with Gasteiger partial charge in [-0.3, -0.25) is 4.79 Å². The van der Waals surface area contributed by atoms with Crippen molar-refractivity contribution in [2.24, 2.45) is 5.10 Å². The lowest BCUT2D eigenvalue weighted by atomic mass is 10.2. The molecule has 0 fully saturated rings. The second-order valence-corrected chi connectivity index (χ2v) is 4.15. The van der Waals surface area contributed by atoms with Gasteiger partial charge in [0.25, 0.3) is 5.91 Å². The van der Waals surface area contributed by atoms with Crippen LogP contribution in [0.25, 0.3) is 0 Å². The topological polar surface area (TPSA) is 49.7 Å². The maximum atomic E-state index is 11.8. The van der Waals surface area contributed by atoms with Crippen LogP contribution in [0.3, 0.4) is 0 Å². The number of hydrazone groups is 1. The van der Waals surface area contributed by atoms with Crippen LogP contribution in [-0.4, -0.2) is 26.6 Å². The predicted molar refractivity (Wildman–Crippen MR) is 65.2 cm³/mol. The van der Waals surface area contributed by atoms with Crippen LogP contribution in [0.2, 0.25) is 0 Å². The summed E-state index contributed by atoms with van der Waals surface area (Å²) < 4.78 is 10.6. The second kappa shape index (κ2) is 4.59. The number of hydrogen-bond donors (Lipinski definition) is 0. The molecule has 6 heteroatoms. The van der Waals surface area contributed by atoms with Crippen molar-refractivity contribution in [3.63, 3.8) is 0 Å².